The van der Waals surface area contributed by atoms with Gasteiger partial charge in [-0.25, -0.2) is 0 Å². The van der Waals surface area contributed by atoms with E-state index in [4.69, 9.17) is 18.9 Å². The fraction of sp³-hybridized carbons (Fsp3) is 1.00. The molecule has 0 amide bonds. The largest absolute Gasteiger partial charge is 0.316 e. The molecule has 4 nitrogen and oxygen atoms in total. The molecule has 4 saturated heterocycles. The summed E-state index contributed by atoms with van der Waals surface area (Å²) in [6.45, 7) is 15.5. The first-order chi connectivity index (χ1) is 10.1. The van der Waals surface area contributed by atoms with Crippen LogP contribution in [-0.2, 0) is 18.9 Å². The summed E-state index contributed by atoms with van der Waals surface area (Å²) in [5.74, 6) is -1.48. The summed E-state index contributed by atoms with van der Waals surface area (Å²) in [5, 5.41) is -0.0805. The van der Waals surface area contributed by atoms with Gasteiger partial charge in [0.1, 0.15) is 5.34 Å². The Morgan fingerprint density at radius 3 is 1.95 bits per heavy atom. The molecular weight excluding hydrogens is 299 g/mol. The van der Waals surface area contributed by atoms with Crippen LogP contribution in [0.15, 0.2) is 0 Å². The van der Waals surface area contributed by atoms with Gasteiger partial charge in [0.15, 0.2) is 11.3 Å². The summed E-state index contributed by atoms with van der Waals surface area (Å²) in [6.07, 6.45) is 4.17. The van der Waals surface area contributed by atoms with E-state index >= 15 is 0 Å². The molecule has 0 aliphatic carbocycles. The number of ether oxygens (including phenoxy) is 4. The molecule has 0 aromatic carbocycles. The van der Waals surface area contributed by atoms with E-state index < -0.39 is 25.2 Å². The minimum Gasteiger partial charge on any atom is -0.316 e. The highest BCUT2D eigenvalue weighted by atomic mass is 31.1. The van der Waals surface area contributed by atoms with Crippen LogP contribution in [0.25, 0.3) is 0 Å². The smallest absolute Gasteiger partial charge is 0.288 e. The molecule has 4 aliphatic rings. The summed E-state index contributed by atoms with van der Waals surface area (Å²) in [4.78, 5) is 0. The SMILES string of the molecule is CCC12CC3(CC)OC(CC)(O1)OC(CC)(O2)P3C(C)(C)C. The highest BCUT2D eigenvalue weighted by molar-refractivity contribution is 7.62. The molecule has 0 aromatic heterocycles. The molecule has 0 N–H and O–H groups in total. The van der Waals surface area contributed by atoms with Crippen LogP contribution in [-0.4, -0.2) is 27.8 Å². The van der Waals surface area contributed by atoms with Gasteiger partial charge in [-0.15, -0.1) is 0 Å². The highest BCUT2D eigenvalue weighted by Crippen LogP contribution is 2.81. The third-order valence-corrected chi connectivity index (χ3v) is 9.19. The Morgan fingerprint density at radius 1 is 0.818 bits per heavy atom. The minimum absolute atomic E-state index is 0.0957. The van der Waals surface area contributed by atoms with E-state index in [9.17, 15) is 0 Å². The van der Waals surface area contributed by atoms with E-state index in [0.717, 1.165) is 25.7 Å². The fourth-order valence-corrected chi connectivity index (χ4v) is 9.15. The van der Waals surface area contributed by atoms with Crippen LogP contribution < -0.4 is 0 Å². The topological polar surface area (TPSA) is 36.9 Å². The van der Waals surface area contributed by atoms with Crippen LogP contribution in [0.2, 0.25) is 0 Å². The normalized spacial score (nSPS) is 50.6. The summed E-state index contributed by atoms with van der Waals surface area (Å²) in [5.41, 5.74) is -0.551. The molecule has 5 unspecified atom stereocenters. The number of hydrogen-bond acceptors (Lipinski definition) is 4. The summed E-state index contributed by atoms with van der Waals surface area (Å²) in [6, 6.07) is 0. The molecule has 0 aromatic rings. The Bertz CT molecular complexity index is 410. The van der Waals surface area contributed by atoms with Gasteiger partial charge in [0.2, 0.25) is 0 Å². The predicted molar refractivity (Wildman–Crippen MR) is 87.7 cm³/mol. The minimum atomic E-state index is -0.928. The van der Waals surface area contributed by atoms with Gasteiger partial charge in [0.25, 0.3) is 5.97 Å². The third kappa shape index (κ3) is 2.07. The van der Waals surface area contributed by atoms with Crippen LogP contribution in [0.4, 0.5) is 0 Å². The van der Waals surface area contributed by atoms with Gasteiger partial charge < -0.3 is 9.47 Å². The van der Waals surface area contributed by atoms with Crippen molar-refractivity contribution in [2.24, 2.45) is 0 Å². The molecule has 22 heavy (non-hydrogen) atoms. The standard InChI is InChI=1S/C17H31O4P/c1-8-14-12-15(9-2)20-16(10-3,18-14)21-17(11-4,19-14)22(15)13(5,6)7/h8-12H2,1-7H3. The van der Waals surface area contributed by atoms with E-state index in [1.165, 1.54) is 0 Å². The second-order valence-electron chi connectivity index (χ2n) is 7.76. The predicted octanol–water partition coefficient (Wildman–Crippen LogP) is 5.10. The maximum Gasteiger partial charge on any atom is 0.288 e. The molecule has 128 valence electrons. The number of rotatable bonds is 4. The van der Waals surface area contributed by atoms with E-state index in [1.807, 2.05) is 0 Å². The van der Waals surface area contributed by atoms with Crippen molar-refractivity contribution in [3.05, 3.63) is 0 Å². The van der Waals surface area contributed by atoms with Crippen LogP contribution in [0.1, 0.15) is 80.6 Å². The summed E-state index contributed by atoms with van der Waals surface area (Å²) in [7, 11) is -0.637. The first kappa shape index (κ1) is 17.1. The second kappa shape index (κ2) is 4.89. The van der Waals surface area contributed by atoms with Gasteiger partial charge in [-0.05, 0) is 25.9 Å². The third-order valence-electron chi connectivity index (χ3n) is 5.28. The Morgan fingerprint density at radius 2 is 1.50 bits per heavy atom. The lowest BCUT2D eigenvalue weighted by molar-refractivity contribution is -0.596. The van der Waals surface area contributed by atoms with Crippen LogP contribution in [0.5, 0.6) is 0 Å². The van der Waals surface area contributed by atoms with E-state index in [2.05, 4.69) is 48.5 Å². The molecule has 0 radical (unpaired) electrons. The van der Waals surface area contributed by atoms with Gasteiger partial charge in [-0.3, -0.25) is 9.47 Å². The lowest BCUT2D eigenvalue weighted by Gasteiger charge is -2.73. The molecule has 4 aliphatic heterocycles. The lowest BCUT2D eigenvalue weighted by atomic mass is 9.99. The molecule has 0 saturated carbocycles. The second-order valence-corrected chi connectivity index (χ2v) is 11.3. The average Bonchev–Trinajstić information content (AvgIpc) is 2.44. The van der Waals surface area contributed by atoms with Crippen molar-refractivity contribution in [2.45, 2.75) is 108 Å². The van der Waals surface area contributed by atoms with E-state index in [0.29, 0.717) is 6.42 Å². The first-order valence-corrected chi connectivity index (χ1v) is 10.1. The summed E-state index contributed by atoms with van der Waals surface area (Å²) < 4.78 is 25.9. The molecule has 4 fully saturated rings. The average molecular weight is 330 g/mol. The zero-order valence-corrected chi connectivity index (χ0v) is 16.0. The summed E-state index contributed by atoms with van der Waals surface area (Å²) >= 11 is 0. The van der Waals surface area contributed by atoms with Crippen LogP contribution >= 0.6 is 7.92 Å². The zero-order valence-electron chi connectivity index (χ0n) is 15.1. The van der Waals surface area contributed by atoms with Crippen molar-refractivity contribution in [2.75, 3.05) is 0 Å². The quantitative estimate of drug-likeness (QED) is 0.672. The van der Waals surface area contributed by atoms with Crippen molar-refractivity contribution in [1.29, 1.82) is 0 Å². The molecule has 0 spiro atoms. The Hall–Kier alpha value is 0.270. The molecule has 4 rings (SSSR count). The van der Waals surface area contributed by atoms with Crippen molar-refractivity contribution >= 4 is 7.92 Å². The van der Waals surface area contributed by atoms with Gasteiger partial charge in [0.05, 0.1) is 0 Å². The van der Waals surface area contributed by atoms with Gasteiger partial charge in [-0.2, -0.15) is 0 Å². The first-order valence-electron chi connectivity index (χ1n) is 8.75. The molecule has 4 bridgehead atoms. The monoisotopic (exact) mass is 330 g/mol. The Kier molecular flexibility index (Phi) is 3.80. The van der Waals surface area contributed by atoms with Gasteiger partial charge in [0, 0.05) is 19.3 Å². The van der Waals surface area contributed by atoms with Crippen molar-refractivity contribution in [3.8, 4) is 0 Å². The maximum atomic E-state index is 6.59. The Labute approximate surface area is 136 Å². The van der Waals surface area contributed by atoms with Crippen molar-refractivity contribution in [3.63, 3.8) is 0 Å². The van der Waals surface area contributed by atoms with E-state index in [-0.39, 0.29) is 10.5 Å². The molecule has 4 heterocycles. The maximum absolute atomic E-state index is 6.59. The van der Waals surface area contributed by atoms with Gasteiger partial charge >= 0.3 is 0 Å². The van der Waals surface area contributed by atoms with Crippen LogP contribution in [0, 0.1) is 0 Å². The highest BCUT2D eigenvalue weighted by Gasteiger charge is 2.77. The number of hydrogen-bond donors (Lipinski definition) is 0. The molecule has 5 atom stereocenters. The Balaban J connectivity index is 2.19. The molecular formula is C17H31O4P. The van der Waals surface area contributed by atoms with E-state index in [1.54, 1.807) is 0 Å². The van der Waals surface area contributed by atoms with Crippen molar-refractivity contribution in [1.82, 2.24) is 0 Å². The van der Waals surface area contributed by atoms with Crippen LogP contribution in [0.3, 0.4) is 0 Å². The van der Waals surface area contributed by atoms with Crippen molar-refractivity contribution < 1.29 is 18.9 Å². The fourth-order valence-electron chi connectivity index (χ4n) is 4.53. The zero-order chi connectivity index (χ0) is 16.4. The van der Waals surface area contributed by atoms with Gasteiger partial charge in [-0.1, -0.05) is 48.5 Å². The molecule has 5 heteroatoms. The lowest BCUT2D eigenvalue weighted by Crippen LogP contribution is -2.76.